The Morgan fingerprint density at radius 2 is 2.00 bits per heavy atom. The minimum atomic E-state index is 0.697. The molecule has 3 heteroatoms. The van der Waals surface area contributed by atoms with Gasteiger partial charge in [-0.05, 0) is 12.3 Å². The molecule has 1 unspecified atom stereocenters. The molecule has 0 rings (SSSR count). The van der Waals surface area contributed by atoms with E-state index < -0.39 is 0 Å². The lowest BCUT2D eigenvalue weighted by molar-refractivity contribution is 0.0656. The van der Waals surface area contributed by atoms with Gasteiger partial charge in [0.1, 0.15) is 0 Å². The Kier molecular flexibility index (Phi) is 8.81. The highest BCUT2D eigenvalue weighted by Gasteiger charge is 1.98. The Hall–Kier alpha value is 0.400. The van der Waals surface area contributed by atoms with Gasteiger partial charge in [-0.15, -0.1) is 0 Å². The maximum absolute atomic E-state index is 5.30. The lowest BCUT2D eigenvalue weighted by atomic mass is 10.1. The van der Waals surface area contributed by atoms with E-state index in [2.05, 4.69) is 22.9 Å². The summed E-state index contributed by atoms with van der Waals surface area (Å²) < 4.78 is 10.1. The first kappa shape index (κ1) is 11.4. The fraction of sp³-hybridized carbons (Fsp3) is 1.00. The van der Waals surface area contributed by atoms with Crippen molar-refractivity contribution in [3.63, 3.8) is 0 Å². The van der Waals surface area contributed by atoms with Gasteiger partial charge in [0.2, 0.25) is 0 Å². The first-order chi connectivity index (χ1) is 5.31. The summed E-state index contributed by atoms with van der Waals surface area (Å²) in [6.07, 6.45) is 1.12. The van der Waals surface area contributed by atoms with Crippen molar-refractivity contribution in [1.29, 1.82) is 0 Å². The molecule has 0 aliphatic heterocycles. The fourth-order valence-electron chi connectivity index (χ4n) is 0.606. The van der Waals surface area contributed by atoms with Gasteiger partial charge in [0, 0.05) is 19.0 Å². The van der Waals surface area contributed by atoms with Crippen molar-refractivity contribution < 1.29 is 9.47 Å². The molecule has 0 amide bonds. The highest BCUT2D eigenvalue weighted by molar-refractivity contribution is 9.09. The van der Waals surface area contributed by atoms with Crippen LogP contribution in [0.5, 0.6) is 0 Å². The quantitative estimate of drug-likeness (QED) is 0.487. The predicted molar refractivity (Wildman–Crippen MR) is 50.3 cm³/mol. The second-order valence-corrected chi connectivity index (χ2v) is 3.30. The molecule has 0 heterocycles. The van der Waals surface area contributed by atoms with Crippen LogP contribution in [0.25, 0.3) is 0 Å². The summed E-state index contributed by atoms with van der Waals surface area (Å²) >= 11 is 3.42. The zero-order chi connectivity index (χ0) is 8.53. The zero-order valence-electron chi connectivity index (χ0n) is 7.31. The van der Waals surface area contributed by atoms with Crippen molar-refractivity contribution >= 4 is 15.9 Å². The van der Waals surface area contributed by atoms with Gasteiger partial charge >= 0.3 is 0 Å². The van der Waals surface area contributed by atoms with E-state index in [1.165, 1.54) is 0 Å². The third kappa shape index (κ3) is 8.30. The van der Waals surface area contributed by atoms with Crippen LogP contribution < -0.4 is 0 Å². The van der Waals surface area contributed by atoms with Gasteiger partial charge in [0.15, 0.2) is 0 Å². The van der Waals surface area contributed by atoms with Gasteiger partial charge in [-0.3, -0.25) is 0 Å². The monoisotopic (exact) mass is 224 g/mol. The van der Waals surface area contributed by atoms with E-state index in [4.69, 9.17) is 9.47 Å². The Morgan fingerprint density at radius 1 is 1.27 bits per heavy atom. The molecule has 0 N–H and O–H groups in total. The number of ether oxygens (including phenoxy) is 2. The third-order valence-electron chi connectivity index (χ3n) is 1.45. The lowest BCUT2D eigenvalue weighted by Crippen LogP contribution is -2.06. The van der Waals surface area contributed by atoms with Crippen molar-refractivity contribution in [3.8, 4) is 0 Å². The second kappa shape index (κ2) is 8.50. The lowest BCUT2D eigenvalue weighted by Gasteiger charge is -2.07. The molecule has 0 bridgehead atoms. The van der Waals surface area contributed by atoms with Gasteiger partial charge in [-0.25, -0.2) is 0 Å². The molecule has 0 spiro atoms. The molecule has 1 atom stereocenters. The van der Waals surface area contributed by atoms with Crippen LogP contribution >= 0.6 is 15.9 Å². The van der Waals surface area contributed by atoms with Gasteiger partial charge in [0.05, 0.1) is 13.2 Å². The summed E-state index contributed by atoms with van der Waals surface area (Å²) in [5.41, 5.74) is 0. The minimum absolute atomic E-state index is 0.697. The molecule has 0 aromatic carbocycles. The summed E-state index contributed by atoms with van der Waals surface area (Å²) in [6.45, 7) is 4.46. The molecule has 0 radical (unpaired) electrons. The molecule has 0 aromatic heterocycles. The molecule has 11 heavy (non-hydrogen) atoms. The van der Waals surface area contributed by atoms with Crippen LogP contribution in [0.1, 0.15) is 13.3 Å². The van der Waals surface area contributed by atoms with Crippen molar-refractivity contribution in [3.05, 3.63) is 0 Å². The van der Waals surface area contributed by atoms with Crippen LogP contribution in [0.4, 0.5) is 0 Å². The maximum atomic E-state index is 5.30. The van der Waals surface area contributed by atoms with E-state index in [-0.39, 0.29) is 0 Å². The van der Waals surface area contributed by atoms with Crippen LogP contribution in [-0.4, -0.2) is 32.3 Å². The van der Waals surface area contributed by atoms with Crippen molar-refractivity contribution in [2.24, 2.45) is 5.92 Å². The maximum Gasteiger partial charge on any atom is 0.0700 e. The molecular formula is C8H17BrO2. The average Bonchev–Trinajstić information content (AvgIpc) is 2.04. The molecule has 0 saturated carbocycles. The van der Waals surface area contributed by atoms with Crippen LogP contribution in [0.2, 0.25) is 0 Å². The largest absolute Gasteiger partial charge is 0.382 e. The Labute approximate surface area is 77.4 Å². The summed E-state index contributed by atoms with van der Waals surface area (Å²) in [6, 6.07) is 0. The molecule has 0 saturated heterocycles. The number of alkyl halides is 1. The van der Waals surface area contributed by atoms with Gasteiger partial charge in [-0.2, -0.15) is 0 Å². The highest BCUT2D eigenvalue weighted by atomic mass is 79.9. The van der Waals surface area contributed by atoms with Crippen LogP contribution in [0.3, 0.4) is 0 Å². The van der Waals surface area contributed by atoms with E-state index in [1.54, 1.807) is 7.11 Å². The van der Waals surface area contributed by atoms with E-state index >= 15 is 0 Å². The van der Waals surface area contributed by atoms with Crippen LogP contribution in [-0.2, 0) is 9.47 Å². The average molecular weight is 225 g/mol. The summed E-state index contributed by atoms with van der Waals surface area (Å²) in [5, 5.41) is 1.06. The molecule has 0 aliphatic carbocycles. The molecule has 0 aromatic rings. The number of hydrogen-bond donors (Lipinski definition) is 0. The molecule has 0 fully saturated rings. The van der Waals surface area contributed by atoms with Gasteiger partial charge in [-0.1, -0.05) is 22.9 Å². The first-order valence-corrected chi connectivity index (χ1v) is 5.06. The Balaban J connectivity index is 2.89. The van der Waals surface area contributed by atoms with Crippen LogP contribution in [0.15, 0.2) is 0 Å². The number of halogens is 1. The zero-order valence-corrected chi connectivity index (χ0v) is 8.89. The SMILES string of the molecule is COCCOCCC(C)CBr. The van der Waals surface area contributed by atoms with E-state index in [0.717, 1.165) is 18.4 Å². The molecule has 2 nitrogen and oxygen atoms in total. The predicted octanol–water partition coefficient (Wildman–Crippen LogP) is 2.07. The van der Waals surface area contributed by atoms with E-state index in [0.29, 0.717) is 19.1 Å². The van der Waals surface area contributed by atoms with E-state index in [1.807, 2.05) is 0 Å². The van der Waals surface area contributed by atoms with Gasteiger partial charge < -0.3 is 9.47 Å². The van der Waals surface area contributed by atoms with Crippen molar-refractivity contribution in [2.45, 2.75) is 13.3 Å². The standard InChI is InChI=1S/C8H17BrO2/c1-8(7-9)3-4-11-6-5-10-2/h8H,3-7H2,1-2H3. The summed E-state index contributed by atoms with van der Waals surface area (Å²) in [5.74, 6) is 0.706. The highest BCUT2D eigenvalue weighted by Crippen LogP contribution is 2.04. The van der Waals surface area contributed by atoms with Crippen LogP contribution in [0, 0.1) is 5.92 Å². The first-order valence-electron chi connectivity index (χ1n) is 3.94. The smallest absolute Gasteiger partial charge is 0.0700 e. The van der Waals surface area contributed by atoms with Gasteiger partial charge in [0.25, 0.3) is 0 Å². The molecule has 0 aliphatic rings. The third-order valence-corrected chi connectivity index (χ3v) is 2.56. The topological polar surface area (TPSA) is 18.5 Å². The summed E-state index contributed by atoms with van der Waals surface area (Å²) in [4.78, 5) is 0. The van der Waals surface area contributed by atoms with Crippen molar-refractivity contribution in [1.82, 2.24) is 0 Å². The Bertz CT molecular complexity index is 78.5. The minimum Gasteiger partial charge on any atom is -0.382 e. The summed E-state index contributed by atoms with van der Waals surface area (Å²) in [7, 11) is 1.68. The fourth-order valence-corrected chi connectivity index (χ4v) is 0.930. The number of rotatable bonds is 7. The normalized spacial score (nSPS) is 13.4. The molecule has 68 valence electrons. The van der Waals surface area contributed by atoms with Crippen molar-refractivity contribution in [2.75, 3.05) is 32.3 Å². The number of hydrogen-bond acceptors (Lipinski definition) is 2. The Morgan fingerprint density at radius 3 is 2.55 bits per heavy atom. The number of methoxy groups -OCH3 is 1. The molecular weight excluding hydrogens is 208 g/mol. The second-order valence-electron chi connectivity index (χ2n) is 2.65. The van der Waals surface area contributed by atoms with E-state index in [9.17, 15) is 0 Å².